The highest BCUT2D eigenvalue weighted by Crippen LogP contribution is 2.42. The Labute approximate surface area is 157 Å². The van der Waals surface area contributed by atoms with E-state index in [0.29, 0.717) is 0 Å². The topological polar surface area (TPSA) is 0 Å². The Morgan fingerprint density at radius 2 is 1.40 bits per heavy atom. The van der Waals surface area contributed by atoms with Crippen LogP contribution in [0.1, 0.15) is 97.3 Å². The molecule has 0 bridgehead atoms. The fourth-order valence-corrected chi connectivity index (χ4v) is 5.86. The number of allylic oxidation sites excluding steroid dienone is 4. The molecule has 0 amide bonds. The van der Waals surface area contributed by atoms with E-state index in [-0.39, 0.29) is 0 Å². The summed E-state index contributed by atoms with van der Waals surface area (Å²) in [7, 11) is 0. The van der Waals surface area contributed by atoms with Gasteiger partial charge in [0.25, 0.3) is 0 Å². The molecule has 2 atom stereocenters. The van der Waals surface area contributed by atoms with Gasteiger partial charge in [0.05, 0.1) is 0 Å². The summed E-state index contributed by atoms with van der Waals surface area (Å²) in [5.74, 6) is 5.67. The van der Waals surface area contributed by atoms with Crippen LogP contribution in [0.4, 0.5) is 0 Å². The van der Waals surface area contributed by atoms with E-state index in [1.807, 2.05) is 0 Å². The van der Waals surface area contributed by atoms with Crippen LogP contribution in [0.5, 0.6) is 0 Å². The highest BCUT2D eigenvalue weighted by Gasteiger charge is 2.30. The van der Waals surface area contributed by atoms with Crippen LogP contribution in [-0.4, -0.2) is 0 Å². The SMILES string of the molecule is CCCC1CCC(C2CCC(/C=C/C3C=CC(CC)CC3)CC2)CC1. The van der Waals surface area contributed by atoms with Crippen molar-refractivity contribution in [2.45, 2.75) is 97.3 Å². The summed E-state index contributed by atoms with van der Waals surface area (Å²) in [6, 6.07) is 0. The van der Waals surface area contributed by atoms with Gasteiger partial charge in [-0.3, -0.25) is 0 Å². The van der Waals surface area contributed by atoms with E-state index in [9.17, 15) is 0 Å². The van der Waals surface area contributed by atoms with Crippen LogP contribution in [0.2, 0.25) is 0 Å². The lowest BCUT2D eigenvalue weighted by Gasteiger charge is -2.37. The summed E-state index contributed by atoms with van der Waals surface area (Å²) in [6.45, 7) is 4.67. The predicted octanol–water partition coefficient (Wildman–Crippen LogP) is 7.95. The molecule has 0 radical (unpaired) electrons. The fourth-order valence-electron chi connectivity index (χ4n) is 5.86. The van der Waals surface area contributed by atoms with Crippen molar-refractivity contribution in [1.29, 1.82) is 0 Å². The van der Waals surface area contributed by atoms with Crippen molar-refractivity contribution in [2.24, 2.45) is 35.5 Å². The van der Waals surface area contributed by atoms with Crippen molar-refractivity contribution < 1.29 is 0 Å². The molecule has 0 N–H and O–H groups in total. The molecule has 0 heterocycles. The molecule has 0 aromatic rings. The van der Waals surface area contributed by atoms with Gasteiger partial charge in [-0.25, -0.2) is 0 Å². The number of rotatable bonds is 6. The Kier molecular flexibility index (Phi) is 7.68. The maximum Gasteiger partial charge on any atom is -0.00531 e. The molecule has 2 unspecified atom stereocenters. The smallest absolute Gasteiger partial charge is 0.00531 e. The molecular weight excluding hydrogens is 300 g/mol. The zero-order valence-corrected chi connectivity index (χ0v) is 17.0. The molecule has 0 heteroatoms. The summed E-state index contributed by atoms with van der Waals surface area (Å²) in [5.41, 5.74) is 0. The standard InChI is InChI=1S/C25H42/c1-3-5-21-12-16-24(17-13-21)25-18-14-23(15-19-25)11-10-22-8-6-20(4-2)7-9-22/h6,8,10-11,20-25H,3-5,7,9,12-19H2,1-2H3/b11-10+. The first-order valence-corrected chi connectivity index (χ1v) is 11.6. The molecule has 0 spiro atoms. The van der Waals surface area contributed by atoms with Crippen LogP contribution in [0, 0.1) is 35.5 Å². The Bertz CT molecular complexity index is 415. The Balaban J connectivity index is 1.37. The van der Waals surface area contributed by atoms with E-state index in [0.717, 1.165) is 35.5 Å². The molecule has 0 nitrogen and oxygen atoms in total. The molecule has 3 aliphatic rings. The zero-order chi connectivity index (χ0) is 17.5. The Hall–Kier alpha value is -0.520. The van der Waals surface area contributed by atoms with E-state index < -0.39 is 0 Å². The second-order valence-electron chi connectivity index (χ2n) is 9.42. The third kappa shape index (κ3) is 5.73. The third-order valence-electron chi connectivity index (χ3n) is 7.73. The second-order valence-corrected chi connectivity index (χ2v) is 9.42. The first-order valence-electron chi connectivity index (χ1n) is 11.6. The van der Waals surface area contributed by atoms with Crippen LogP contribution in [0.25, 0.3) is 0 Å². The highest BCUT2D eigenvalue weighted by molar-refractivity contribution is 5.07. The maximum absolute atomic E-state index is 2.59. The van der Waals surface area contributed by atoms with Crippen LogP contribution >= 0.6 is 0 Å². The number of hydrogen-bond donors (Lipinski definition) is 0. The Morgan fingerprint density at radius 3 is 1.96 bits per heavy atom. The van der Waals surface area contributed by atoms with Crippen LogP contribution in [0.3, 0.4) is 0 Å². The van der Waals surface area contributed by atoms with Gasteiger partial charge >= 0.3 is 0 Å². The van der Waals surface area contributed by atoms with Crippen LogP contribution < -0.4 is 0 Å². The van der Waals surface area contributed by atoms with Gasteiger partial charge in [-0.2, -0.15) is 0 Å². The minimum Gasteiger partial charge on any atom is -0.0848 e. The largest absolute Gasteiger partial charge is 0.0848 e. The highest BCUT2D eigenvalue weighted by atomic mass is 14.4. The maximum atomic E-state index is 2.59. The average molecular weight is 343 g/mol. The second kappa shape index (κ2) is 9.98. The van der Waals surface area contributed by atoms with Crippen molar-refractivity contribution in [1.82, 2.24) is 0 Å². The van der Waals surface area contributed by atoms with Gasteiger partial charge in [0, 0.05) is 0 Å². The van der Waals surface area contributed by atoms with Crippen LogP contribution in [0.15, 0.2) is 24.3 Å². The molecule has 0 aliphatic heterocycles. The summed E-state index contributed by atoms with van der Waals surface area (Å²) < 4.78 is 0. The predicted molar refractivity (Wildman–Crippen MR) is 111 cm³/mol. The summed E-state index contributed by atoms with van der Waals surface area (Å²) in [4.78, 5) is 0. The van der Waals surface area contributed by atoms with E-state index in [1.54, 1.807) is 12.8 Å². The summed E-state index contributed by atoms with van der Waals surface area (Å²) >= 11 is 0. The average Bonchev–Trinajstić information content (AvgIpc) is 2.68. The summed E-state index contributed by atoms with van der Waals surface area (Å²) in [6.07, 6.45) is 29.2. The van der Waals surface area contributed by atoms with Crippen molar-refractivity contribution in [3.05, 3.63) is 24.3 Å². The Morgan fingerprint density at radius 1 is 0.720 bits per heavy atom. The minimum absolute atomic E-state index is 0.731. The lowest BCUT2D eigenvalue weighted by Crippen LogP contribution is -2.25. The first kappa shape index (κ1) is 19.2. The summed E-state index contributed by atoms with van der Waals surface area (Å²) in [5, 5.41) is 0. The molecule has 3 aliphatic carbocycles. The van der Waals surface area contributed by atoms with Gasteiger partial charge in [0.2, 0.25) is 0 Å². The molecule has 2 fully saturated rings. The minimum atomic E-state index is 0.731. The quantitative estimate of drug-likeness (QED) is 0.430. The van der Waals surface area contributed by atoms with Gasteiger partial charge in [0.15, 0.2) is 0 Å². The lowest BCUT2D eigenvalue weighted by molar-refractivity contribution is 0.152. The molecule has 2 saturated carbocycles. The molecule has 3 rings (SSSR count). The molecule has 25 heavy (non-hydrogen) atoms. The van der Waals surface area contributed by atoms with Crippen LogP contribution in [-0.2, 0) is 0 Å². The van der Waals surface area contributed by atoms with Crippen molar-refractivity contribution >= 4 is 0 Å². The lowest BCUT2D eigenvalue weighted by atomic mass is 9.68. The van der Waals surface area contributed by atoms with E-state index in [1.165, 1.54) is 70.6 Å². The third-order valence-corrected chi connectivity index (χ3v) is 7.73. The van der Waals surface area contributed by atoms with E-state index >= 15 is 0 Å². The van der Waals surface area contributed by atoms with Crippen molar-refractivity contribution in [2.75, 3.05) is 0 Å². The first-order chi connectivity index (χ1) is 12.3. The molecule has 0 saturated heterocycles. The van der Waals surface area contributed by atoms with Gasteiger partial charge in [-0.15, -0.1) is 0 Å². The fraction of sp³-hybridized carbons (Fsp3) is 0.840. The normalized spacial score (nSPS) is 39.8. The molecule has 0 aromatic heterocycles. The van der Waals surface area contributed by atoms with Gasteiger partial charge in [-0.1, -0.05) is 63.8 Å². The van der Waals surface area contributed by atoms with Gasteiger partial charge in [0.1, 0.15) is 0 Å². The molecular formula is C25H42. The monoisotopic (exact) mass is 342 g/mol. The van der Waals surface area contributed by atoms with E-state index in [4.69, 9.17) is 0 Å². The van der Waals surface area contributed by atoms with Crippen molar-refractivity contribution in [3.8, 4) is 0 Å². The zero-order valence-electron chi connectivity index (χ0n) is 17.0. The van der Waals surface area contributed by atoms with Crippen molar-refractivity contribution in [3.63, 3.8) is 0 Å². The number of hydrogen-bond acceptors (Lipinski definition) is 0. The van der Waals surface area contributed by atoms with E-state index in [2.05, 4.69) is 38.2 Å². The molecule has 142 valence electrons. The van der Waals surface area contributed by atoms with Gasteiger partial charge < -0.3 is 0 Å². The molecule has 0 aromatic carbocycles. The van der Waals surface area contributed by atoms with Gasteiger partial charge in [-0.05, 0) is 93.3 Å².